The molecule has 0 unspecified atom stereocenters. The Kier molecular flexibility index (Phi) is 3.23. The van der Waals surface area contributed by atoms with Gasteiger partial charge in [0.1, 0.15) is 8.41 Å². The van der Waals surface area contributed by atoms with Crippen LogP contribution in [0.3, 0.4) is 0 Å². The van der Waals surface area contributed by atoms with E-state index in [1.807, 2.05) is 27.7 Å². The van der Waals surface area contributed by atoms with Crippen molar-refractivity contribution in [2.75, 3.05) is 0 Å². The Balaban J connectivity index is 2.09. The Morgan fingerprint density at radius 1 is 0.864 bits per heavy atom. The molecule has 2 spiro atoms. The van der Waals surface area contributed by atoms with Gasteiger partial charge in [0, 0.05) is 22.9 Å². The molecule has 0 amide bonds. The Labute approximate surface area is 152 Å². The van der Waals surface area contributed by atoms with E-state index in [4.69, 9.17) is 27.4 Å². The van der Waals surface area contributed by atoms with E-state index in [-0.39, 0.29) is 20.7 Å². The number of ketones is 1. The molecular formula is C16H24Cl2O2S2. The second kappa shape index (κ2) is 4.00. The summed E-state index contributed by atoms with van der Waals surface area (Å²) in [5.74, 6) is 0.253. The van der Waals surface area contributed by atoms with Crippen LogP contribution in [-0.2, 0) is 8.98 Å². The average Bonchev–Trinajstić information content (AvgIpc) is 2.82. The molecule has 1 saturated heterocycles. The third-order valence-corrected chi connectivity index (χ3v) is 13.3. The molecular weight excluding hydrogens is 359 g/mol. The largest absolute Gasteiger partial charge is 0.298 e. The molecule has 2 aliphatic carbocycles. The van der Waals surface area contributed by atoms with E-state index in [1.165, 1.54) is 12.0 Å². The molecule has 3 rings (SSSR count). The molecule has 0 radical (unpaired) electrons. The molecule has 0 N–H and O–H groups in total. The zero-order valence-corrected chi connectivity index (χ0v) is 17.5. The monoisotopic (exact) mass is 382 g/mol. The minimum atomic E-state index is -0.836. The molecule has 0 aromatic heterocycles. The molecule has 0 bridgehead atoms. The third kappa shape index (κ3) is 1.30. The van der Waals surface area contributed by atoms with E-state index >= 15 is 0 Å². The fourth-order valence-electron chi connectivity index (χ4n) is 4.99. The molecule has 22 heavy (non-hydrogen) atoms. The van der Waals surface area contributed by atoms with E-state index < -0.39 is 20.1 Å². The zero-order valence-electron chi connectivity index (χ0n) is 14.4. The van der Waals surface area contributed by atoms with Crippen LogP contribution in [0.15, 0.2) is 0 Å². The number of halogens is 2. The van der Waals surface area contributed by atoms with Gasteiger partial charge in [-0.2, -0.15) is 0 Å². The number of thioether (sulfide) groups is 1. The van der Waals surface area contributed by atoms with Crippen molar-refractivity contribution in [3.05, 3.63) is 0 Å². The lowest BCUT2D eigenvalue weighted by Gasteiger charge is -2.72. The third-order valence-electron chi connectivity index (χ3n) is 6.56. The molecule has 1 heterocycles. The lowest BCUT2D eigenvalue weighted by molar-refractivity contribution is -0.181. The Morgan fingerprint density at radius 2 is 1.27 bits per heavy atom. The number of alkyl halides is 2. The first-order valence-electron chi connectivity index (χ1n) is 7.57. The van der Waals surface area contributed by atoms with Crippen LogP contribution in [0.4, 0.5) is 0 Å². The molecule has 1 aliphatic heterocycles. The summed E-state index contributed by atoms with van der Waals surface area (Å²) in [5, 5.41) is 0. The summed E-state index contributed by atoms with van der Waals surface area (Å²) in [7, 11) is 0. The summed E-state index contributed by atoms with van der Waals surface area (Å²) in [5.41, 5.74) is -1.70. The van der Waals surface area contributed by atoms with Crippen LogP contribution >= 0.6 is 47.0 Å². The van der Waals surface area contributed by atoms with Crippen molar-refractivity contribution in [2.45, 2.75) is 68.7 Å². The lowest BCUT2D eigenvalue weighted by atomic mass is 9.51. The molecule has 3 fully saturated rings. The molecule has 2 saturated carbocycles. The smallest absolute Gasteiger partial charge is 0.153 e. The summed E-state index contributed by atoms with van der Waals surface area (Å²) in [4.78, 5) is 12.0. The van der Waals surface area contributed by atoms with E-state index in [9.17, 15) is 4.79 Å². The highest BCUT2D eigenvalue weighted by Gasteiger charge is 2.89. The second-order valence-electron chi connectivity index (χ2n) is 8.91. The summed E-state index contributed by atoms with van der Waals surface area (Å²) in [6.07, 6.45) is 0. The SMILES string of the molecule is CC1(C)C(=O)C(C)(C)C12OSC1(S2)C(C)(C)C(Cl)(Cl)C1(C)C. The van der Waals surface area contributed by atoms with Crippen LogP contribution in [0.5, 0.6) is 0 Å². The molecule has 6 heteroatoms. The van der Waals surface area contributed by atoms with Gasteiger partial charge in [-0.25, -0.2) is 0 Å². The highest BCUT2D eigenvalue weighted by molar-refractivity contribution is 8.19. The van der Waals surface area contributed by atoms with Crippen molar-refractivity contribution in [2.24, 2.45) is 21.7 Å². The maximum Gasteiger partial charge on any atom is 0.153 e. The number of carbonyl (C=O) groups is 1. The zero-order chi connectivity index (χ0) is 17.2. The van der Waals surface area contributed by atoms with Gasteiger partial charge in [-0.15, -0.1) is 35.0 Å². The van der Waals surface area contributed by atoms with E-state index in [2.05, 4.69) is 27.7 Å². The first-order valence-corrected chi connectivity index (χ1v) is 9.88. The maximum atomic E-state index is 12.6. The van der Waals surface area contributed by atoms with Crippen molar-refractivity contribution < 1.29 is 8.98 Å². The van der Waals surface area contributed by atoms with Crippen molar-refractivity contribution in [1.29, 1.82) is 0 Å². The molecule has 126 valence electrons. The van der Waals surface area contributed by atoms with Gasteiger partial charge in [-0.05, 0) is 27.7 Å². The van der Waals surface area contributed by atoms with E-state index in [0.29, 0.717) is 0 Å². The number of Topliss-reactive ketones (excluding diaryl/α,β-unsaturated/α-hetero) is 1. The van der Waals surface area contributed by atoms with Gasteiger partial charge in [-0.1, -0.05) is 27.7 Å². The first-order chi connectivity index (χ1) is 9.57. The number of rotatable bonds is 0. The van der Waals surface area contributed by atoms with Crippen LogP contribution in [0.25, 0.3) is 0 Å². The summed E-state index contributed by atoms with van der Waals surface area (Å²) < 4.78 is 5.23. The van der Waals surface area contributed by atoms with Gasteiger partial charge in [0.25, 0.3) is 0 Å². The van der Waals surface area contributed by atoms with Gasteiger partial charge in [0.15, 0.2) is 10.7 Å². The van der Waals surface area contributed by atoms with Crippen molar-refractivity contribution >= 4 is 52.8 Å². The minimum absolute atomic E-state index is 0.253. The highest BCUT2D eigenvalue weighted by atomic mass is 35.5. The average molecular weight is 383 g/mol. The quantitative estimate of drug-likeness (QED) is 0.398. The fourth-order valence-corrected chi connectivity index (χ4v) is 10.1. The fraction of sp³-hybridized carbons (Fsp3) is 0.938. The number of carbonyl (C=O) groups excluding carboxylic acids is 1. The van der Waals surface area contributed by atoms with Crippen LogP contribution in [0, 0.1) is 21.7 Å². The van der Waals surface area contributed by atoms with Gasteiger partial charge in [0.2, 0.25) is 0 Å². The van der Waals surface area contributed by atoms with Gasteiger partial charge >= 0.3 is 0 Å². The highest BCUT2D eigenvalue weighted by Crippen LogP contribution is 2.89. The first kappa shape index (κ1) is 17.7. The van der Waals surface area contributed by atoms with Crippen molar-refractivity contribution in [3.8, 4) is 0 Å². The van der Waals surface area contributed by atoms with Crippen molar-refractivity contribution in [3.63, 3.8) is 0 Å². The Hall–Kier alpha value is 0.910. The molecule has 0 atom stereocenters. The van der Waals surface area contributed by atoms with Crippen LogP contribution in [0.2, 0.25) is 0 Å². The predicted molar refractivity (Wildman–Crippen MR) is 96.3 cm³/mol. The molecule has 0 aromatic carbocycles. The van der Waals surface area contributed by atoms with Gasteiger partial charge < -0.3 is 0 Å². The number of hydrogen-bond donors (Lipinski definition) is 0. The summed E-state index contributed by atoms with van der Waals surface area (Å²) in [6, 6.07) is 0. The topological polar surface area (TPSA) is 26.3 Å². The minimum Gasteiger partial charge on any atom is -0.298 e. The summed E-state index contributed by atoms with van der Waals surface area (Å²) in [6.45, 7) is 16.3. The van der Waals surface area contributed by atoms with Gasteiger partial charge in [-0.3, -0.25) is 8.98 Å². The standard InChI is InChI=1S/C16H24Cl2O2S2/c1-10(2)9(19)11(3,4)15(10)20-22-16(21-15)12(5,6)14(17,18)13(16,7)8/h1-8H3. The van der Waals surface area contributed by atoms with Crippen LogP contribution in [0.1, 0.15) is 55.4 Å². The Bertz CT molecular complexity index is 543. The Morgan fingerprint density at radius 3 is 1.68 bits per heavy atom. The van der Waals surface area contributed by atoms with E-state index in [1.54, 1.807) is 11.8 Å². The van der Waals surface area contributed by atoms with Crippen molar-refractivity contribution in [1.82, 2.24) is 0 Å². The lowest BCUT2D eigenvalue weighted by Crippen LogP contribution is -2.78. The molecule has 2 nitrogen and oxygen atoms in total. The number of hydrogen-bond acceptors (Lipinski definition) is 4. The van der Waals surface area contributed by atoms with Gasteiger partial charge in [0.05, 0.1) is 10.8 Å². The molecule has 0 aromatic rings. The predicted octanol–water partition coefficient (Wildman–Crippen LogP) is 5.67. The maximum absolute atomic E-state index is 12.6. The normalized spacial score (nSPS) is 36.9. The second-order valence-corrected chi connectivity index (χ2v) is 12.8. The van der Waals surface area contributed by atoms with Crippen LogP contribution < -0.4 is 0 Å². The van der Waals surface area contributed by atoms with Crippen LogP contribution in [-0.4, -0.2) is 19.1 Å². The summed E-state index contributed by atoms with van der Waals surface area (Å²) >= 11 is 16.7. The molecule has 3 aliphatic rings. The van der Waals surface area contributed by atoms with E-state index in [0.717, 1.165) is 0 Å².